The van der Waals surface area contributed by atoms with Crippen LogP contribution in [0.25, 0.3) is 0 Å². The normalized spacial score (nSPS) is 11.9. The molecule has 1 unspecified atom stereocenters. The molecule has 0 heterocycles. The van der Waals surface area contributed by atoms with Gasteiger partial charge in [0, 0.05) is 15.3 Å². The molecule has 0 radical (unpaired) electrons. The topological polar surface area (TPSA) is 21.3 Å². The average molecular weight is 353 g/mol. The number of hydrogen-bond donors (Lipinski definition) is 1. The maximum Gasteiger partial charge on any atom is 0.118 e. The largest absolute Gasteiger partial charge is 0.497 e. The van der Waals surface area contributed by atoms with Crippen molar-refractivity contribution in [3.8, 4) is 5.75 Å². The summed E-state index contributed by atoms with van der Waals surface area (Å²) in [4.78, 5) is 0. The molecule has 0 amide bonds. The molecule has 0 fully saturated rings. The molecule has 0 saturated heterocycles. The second-order valence-corrected chi connectivity index (χ2v) is 5.28. The van der Waals surface area contributed by atoms with Crippen molar-refractivity contribution in [2.75, 3.05) is 12.4 Å². The SMILES string of the molecule is COc1ccc(C(C)Nc2ccccc2I)cc1. The van der Waals surface area contributed by atoms with Gasteiger partial charge in [-0.15, -0.1) is 0 Å². The van der Waals surface area contributed by atoms with E-state index in [1.165, 1.54) is 14.8 Å². The first-order valence-corrected chi connectivity index (χ1v) is 6.93. The van der Waals surface area contributed by atoms with Crippen molar-refractivity contribution in [1.82, 2.24) is 0 Å². The summed E-state index contributed by atoms with van der Waals surface area (Å²) in [6.45, 7) is 2.16. The van der Waals surface area contributed by atoms with Crippen LogP contribution >= 0.6 is 22.6 Å². The Morgan fingerprint density at radius 1 is 1.06 bits per heavy atom. The van der Waals surface area contributed by atoms with Gasteiger partial charge in [-0.05, 0) is 59.3 Å². The third kappa shape index (κ3) is 3.16. The molecule has 18 heavy (non-hydrogen) atoms. The first-order chi connectivity index (χ1) is 8.70. The molecule has 0 saturated carbocycles. The minimum atomic E-state index is 0.270. The number of hydrogen-bond acceptors (Lipinski definition) is 2. The Morgan fingerprint density at radius 2 is 1.72 bits per heavy atom. The first-order valence-electron chi connectivity index (χ1n) is 5.85. The Kier molecular flexibility index (Phi) is 4.47. The predicted octanol–water partition coefficient (Wildman–Crippen LogP) is 4.47. The van der Waals surface area contributed by atoms with Crippen LogP contribution in [-0.4, -0.2) is 7.11 Å². The van der Waals surface area contributed by atoms with E-state index in [0.29, 0.717) is 0 Å². The van der Waals surface area contributed by atoms with E-state index in [4.69, 9.17) is 4.74 Å². The van der Waals surface area contributed by atoms with E-state index in [1.807, 2.05) is 24.3 Å². The molecule has 3 heteroatoms. The molecule has 2 aromatic carbocycles. The van der Waals surface area contributed by atoms with Crippen LogP contribution in [0.15, 0.2) is 48.5 Å². The summed E-state index contributed by atoms with van der Waals surface area (Å²) >= 11 is 2.34. The van der Waals surface area contributed by atoms with Crippen molar-refractivity contribution in [2.45, 2.75) is 13.0 Å². The predicted molar refractivity (Wildman–Crippen MR) is 84.2 cm³/mol. The van der Waals surface area contributed by atoms with Gasteiger partial charge in [0.15, 0.2) is 0 Å². The van der Waals surface area contributed by atoms with Crippen LogP contribution in [0.4, 0.5) is 5.69 Å². The second-order valence-electron chi connectivity index (χ2n) is 4.12. The van der Waals surface area contributed by atoms with E-state index in [9.17, 15) is 0 Å². The van der Waals surface area contributed by atoms with E-state index >= 15 is 0 Å². The number of ether oxygens (including phenoxy) is 1. The summed E-state index contributed by atoms with van der Waals surface area (Å²) < 4.78 is 6.40. The highest BCUT2D eigenvalue weighted by Gasteiger charge is 2.07. The van der Waals surface area contributed by atoms with Gasteiger partial charge in [-0.3, -0.25) is 0 Å². The molecule has 0 aliphatic heterocycles. The van der Waals surface area contributed by atoms with Crippen LogP contribution < -0.4 is 10.1 Å². The summed E-state index contributed by atoms with van der Waals surface area (Å²) in [6.07, 6.45) is 0. The van der Waals surface area contributed by atoms with E-state index in [0.717, 1.165) is 5.75 Å². The van der Waals surface area contributed by atoms with Crippen LogP contribution in [0.2, 0.25) is 0 Å². The molecule has 2 rings (SSSR count). The fourth-order valence-electron chi connectivity index (χ4n) is 1.79. The summed E-state index contributed by atoms with van der Waals surface area (Å²) in [5, 5.41) is 3.52. The van der Waals surface area contributed by atoms with Gasteiger partial charge in [-0.1, -0.05) is 24.3 Å². The number of para-hydroxylation sites is 1. The monoisotopic (exact) mass is 353 g/mol. The summed E-state index contributed by atoms with van der Waals surface area (Å²) in [6, 6.07) is 16.7. The highest BCUT2D eigenvalue weighted by atomic mass is 127. The third-order valence-electron chi connectivity index (χ3n) is 2.86. The number of anilines is 1. The molecule has 2 nitrogen and oxygen atoms in total. The summed E-state index contributed by atoms with van der Waals surface area (Å²) in [7, 11) is 1.68. The molecule has 0 spiro atoms. The van der Waals surface area contributed by atoms with E-state index in [2.05, 4.69) is 59.1 Å². The van der Waals surface area contributed by atoms with E-state index < -0.39 is 0 Å². The Labute approximate surface area is 122 Å². The second kappa shape index (κ2) is 6.09. The maximum absolute atomic E-state index is 5.16. The van der Waals surface area contributed by atoms with Gasteiger partial charge in [0.1, 0.15) is 5.75 Å². The molecule has 0 aromatic heterocycles. The smallest absolute Gasteiger partial charge is 0.118 e. The molecule has 0 aliphatic rings. The van der Waals surface area contributed by atoms with Crippen molar-refractivity contribution in [2.24, 2.45) is 0 Å². The molecular formula is C15H16INO. The van der Waals surface area contributed by atoms with Gasteiger partial charge in [0.25, 0.3) is 0 Å². The number of benzene rings is 2. The van der Waals surface area contributed by atoms with Crippen molar-refractivity contribution in [3.05, 3.63) is 57.7 Å². The first kappa shape index (κ1) is 13.2. The Morgan fingerprint density at radius 3 is 2.33 bits per heavy atom. The maximum atomic E-state index is 5.16. The van der Waals surface area contributed by atoms with Crippen LogP contribution in [-0.2, 0) is 0 Å². The Hall–Kier alpha value is -1.23. The van der Waals surface area contributed by atoms with Crippen molar-refractivity contribution >= 4 is 28.3 Å². The van der Waals surface area contributed by atoms with Crippen LogP contribution in [0.1, 0.15) is 18.5 Å². The van der Waals surface area contributed by atoms with Crippen LogP contribution in [0.5, 0.6) is 5.75 Å². The van der Waals surface area contributed by atoms with Crippen molar-refractivity contribution in [1.29, 1.82) is 0 Å². The zero-order valence-electron chi connectivity index (χ0n) is 10.5. The van der Waals surface area contributed by atoms with Crippen molar-refractivity contribution < 1.29 is 4.74 Å². The summed E-state index contributed by atoms with van der Waals surface area (Å²) in [5.41, 5.74) is 2.41. The molecule has 1 atom stereocenters. The molecule has 1 N–H and O–H groups in total. The fraction of sp³-hybridized carbons (Fsp3) is 0.200. The standard InChI is InChI=1S/C15H16INO/c1-11(12-7-9-13(18-2)10-8-12)17-15-6-4-3-5-14(15)16/h3-11,17H,1-2H3. The average Bonchev–Trinajstić information content (AvgIpc) is 2.41. The van der Waals surface area contributed by atoms with E-state index in [1.54, 1.807) is 7.11 Å². The number of methoxy groups -OCH3 is 1. The van der Waals surface area contributed by atoms with Gasteiger partial charge in [0.05, 0.1) is 7.11 Å². The quantitative estimate of drug-likeness (QED) is 0.819. The molecule has 0 aliphatic carbocycles. The van der Waals surface area contributed by atoms with Crippen LogP contribution in [0.3, 0.4) is 0 Å². The van der Waals surface area contributed by atoms with Crippen molar-refractivity contribution in [3.63, 3.8) is 0 Å². The van der Waals surface area contributed by atoms with Gasteiger partial charge in [-0.2, -0.15) is 0 Å². The lowest BCUT2D eigenvalue weighted by Crippen LogP contribution is -2.07. The lowest BCUT2D eigenvalue weighted by Gasteiger charge is -2.17. The zero-order chi connectivity index (χ0) is 13.0. The Bertz CT molecular complexity index is 510. The van der Waals surface area contributed by atoms with Gasteiger partial charge >= 0.3 is 0 Å². The zero-order valence-corrected chi connectivity index (χ0v) is 12.6. The number of nitrogens with one attached hydrogen (secondary N) is 1. The Balaban J connectivity index is 2.11. The highest BCUT2D eigenvalue weighted by molar-refractivity contribution is 14.1. The molecular weight excluding hydrogens is 337 g/mol. The lowest BCUT2D eigenvalue weighted by molar-refractivity contribution is 0.414. The summed E-state index contributed by atoms with van der Waals surface area (Å²) in [5.74, 6) is 0.889. The van der Waals surface area contributed by atoms with Gasteiger partial charge in [-0.25, -0.2) is 0 Å². The minimum absolute atomic E-state index is 0.270. The molecule has 94 valence electrons. The minimum Gasteiger partial charge on any atom is -0.497 e. The van der Waals surface area contributed by atoms with E-state index in [-0.39, 0.29) is 6.04 Å². The third-order valence-corrected chi connectivity index (χ3v) is 3.80. The van der Waals surface area contributed by atoms with Gasteiger partial charge < -0.3 is 10.1 Å². The molecule has 2 aromatic rings. The number of rotatable bonds is 4. The lowest BCUT2D eigenvalue weighted by atomic mass is 10.1. The molecule has 0 bridgehead atoms. The van der Waals surface area contributed by atoms with Gasteiger partial charge in [0.2, 0.25) is 0 Å². The fourth-order valence-corrected chi connectivity index (χ4v) is 2.33. The number of halogens is 1. The van der Waals surface area contributed by atoms with Crippen LogP contribution in [0, 0.1) is 3.57 Å². The highest BCUT2D eigenvalue weighted by Crippen LogP contribution is 2.24.